The van der Waals surface area contributed by atoms with Crippen LogP contribution in [0.25, 0.3) is 5.69 Å². The van der Waals surface area contributed by atoms with Gasteiger partial charge >= 0.3 is 0 Å². The van der Waals surface area contributed by atoms with Crippen LogP contribution in [-0.2, 0) is 0 Å². The van der Waals surface area contributed by atoms with Gasteiger partial charge in [-0.2, -0.15) is 5.10 Å². The van der Waals surface area contributed by atoms with Crippen molar-refractivity contribution >= 4 is 17.2 Å². The van der Waals surface area contributed by atoms with Gasteiger partial charge in [-0.05, 0) is 31.2 Å². The maximum absolute atomic E-state index is 13.1. The number of aryl methyl sites for hydroxylation is 1. The van der Waals surface area contributed by atoms with Gasteiger partial charge in [-0.15, -0.1) is 0 Å². The zero-order valence-corrected chi connectivity index (χ0v) is 9.46. The Morgan fingerprint density at radius 1 is 1.44 bits per heavy atom. The second kappa shape index (κ2) is 4.02. The van der Waals surface area contributed by atoms with Crippen molar-refractivity contribution in [3.8, 4) is 5.69 Å². The molecule has 0 atom stereocenters. The summed E-state index contributed by atoms with van der Waals surface area (Å²) >= 11 is 4.89. The third kappa shape index (κ3) is 1.94. The summed E-state index contributed by atoms with van der Waals surface area (Å²) < 4.78 is 14.7. The predicted octanol–water partition coefficient (Wildman–Crippen LogP) is 1.95. The lowest BCUT2D eigenvalue weighted by Crippen LogP contribution is -2.14. The van der Waals surface area contributed by atoms with Crippen molar-refractivity contribution in [2.45, 2.75) is 6.92 Å². The van der Waals surface area contributed by atoms with Gasteiger partial charge in [0.15, 0.2) is 0 Å². The summed E-state index contributed by atoms with van der Waals surface area (Å²) in [5.74, 6) is -0.365. The minimum absolute atomic E-state index is 0.155. The van der Waals surface area contributed by atoms with E-state index in [9.17, 15) is 4.39 Å². The lowest BCUT2D eigenvalue weighted by atomic mass is 10.1. The van der Waals surface area contributed by atoms with Crippen molar-refractivity contribution in [3.63, 3.8) is 0 Å². The number of hydrogen-bond donors (Lipinski definition) is 1. The number of thiocarbonyl (C=S) groups is 1. The largest absolute Gasteiger partial charge is 0.389 e. The fourth-order valence-corrected chi connectivity index (χ4v) is 1.62. The predicted molar refractivity (Wildman–Crippen MR) is 64.1 cm³/mol. The maximum atomic E-state index is 13.1. The molecule has 0 unspecified atom stereocenters. The van der Waals surface area contributed by atoms with Crippen molar-refractivity contribution in [2.24, 2.45) is 5.73 Å². The van der Waals surface area contributed by atoms with Gasteiger partial charge in [0.05, 0.1) is 11.4 Å². The van der Waals surface area contributed by atoms with Crippen molar-refractivity contribution in [1.82, 2.24) is 9.78 Å². The first-order valence-electron chi connectivity index (χ1n) is 4.70. The Labute approximate surface area is 97.7 Å². The molecule has 0 aliphatic rings. The molecule has 1 aromatic heterocycles. The van der Waals surface area contributed by atoms with Crippen molar-refractivity contribution in [3.05, 3.63) is 47.5 Å². The van der Waals surface area contributed by atoms with Crippen LogP contribution >= 0.6 is 12.2 Å². The van der Waals surface area contributed by atoms with Gasteiger partial charge in [-0.25, -0.2) is 9.07 Å². The molecule has 0 spiro atoms. The summed E-state index contributed by atoms with van der Waals surface area (Å²) in [6.45, 7) is 1.88. The molecule has 1 heterocycles. The number of benzene rings is 1. The van der Waals surface area contributed by atoms with E-state index in [1.807, 2.05) is 13.0 Å². The van der Waals surface area contributed by atoms with Gasteiger partial charge in [0.2, 0.25) is 0 Å². The van der Waals surface area contributed by atoms with E-state index in [2.05, 4.69) is 5.10 Å². The minimum atomic E-state index is -0.365. The molecule has 0 bridgehead atoms. The van der Waals surface area contributed by atoms with E-state index in [1.54, 1.807) is 16.9 Å². The fraction of sp³-hybridized carbons (Fsp3) is 0.0909. The molecule has 16 heavy (non-hydrogen) atoms. The van der Waals surface area contributed by atoms with Crippen molar-refractivity contribution in [2.75, 3.05) is 0 Å². The van der Waals surface area contributed by atoms with Gasteiger partial charge in [-0.1, -0.05) is 12.2 Å². The highest BCUT2D eigenvalue weighted by atomic mass is 32.1. The maximum Gasteiger partial charge on any atom is 0.124 e. The molecule has 0 saturated heterocycles. The molecule has 0 radical (unpaired) electrons. The third-order valence-corrected chi connectivity index (χ3v) is 2.41. The normalized spacial score (nSPS) is 10.4. The van der Waals surface area contributed by atoms with Crippen LogP contribution in [0.3, 0.4) is 0 Å². The Kier molecular flexibility index (Phi) is 2.70. The first-order chi connectivity index (χ1) is 7.58. The van der Waals surface area contributed by atoms with Crippen molar-refractivity contribution < 1.29 is 4.39 Å². The first-order valence-corrected chi connectivity index (χ1v) is 5.11. The highest BCUT2D eigenvalue weighted by Crippen LogP contribution is 2.15. The van der Waals surface area contributed by atoms with E-state index < -0.39 is 0 Å². The van der Waals surface area contributed by atoms with E-state index in [0.29, 0.717) is 11.3 Å². The molecular formula is C11H10FN3S. The third-order valence-electron chi connectivity index (χ3n) is 2.19. The van der Waals surface area contributed by atoms with E-state index in [-0.39, 0.29) is 10.8 Å². The van der Waals surface area contributed by atoms with Crippen LogP contribution in [0.5, 0.6) is 0 Å². The molecular weight excluding hydrogens is 225 g/mol. The monoisotopic (exact) mass is 235 g/mol. The summed E-state index contributed by atoms with van der Waals surface area (Å²) in [7, 11) is 0. The van der Waals surface area contributed by atoms with Crippen LogP contribution in [0.2, 0.25) is 0 Å². The Hall–Kier alpha value is -1.75. The zero-order chi connectivity index (χ0) is 11.7. The summed E-state index contributed by atoms with van der Waals surface area (Å²) in [6.07, 6.45) is 1.78. The van der Waals surface area contributed by atoms with E-state index in [0.717, 1.165) is 5.69 Å². The van der Waals surface area contributed by atoms with Crippen LogP contribution in [0.1, 0.15) is 11.3 Å². The lowest BCUT2D eigenvalue weighted by Gasteiger charge is -2.08. The van der Waals surface area contributed by atoms with Gasteiger partial charge in [0.1, 0.15) is 10.8 Å². The van der Waals surface area contributed by atoms with E-state index >= 15 is 0 Å². The lowest BCUT2D eigenvalue weighted by molar-refractivity contribution is 0.626. The van der Waals surface area contributed by atoms with Crippen LogP contribution in [-0.4, -0.2) is 14.8 Å². The van der Waals surface area contributed by atoms with Gasteiger partial charge in [0.25, 0.3) is 0 Å². The topological polar surface area (TPSA) is 43.8 Å². The molecule has 2 aromatic rings. The molecule has 1 aromatic carbocycles. The second-order valence-corrected chi connectivity index (χ2v) is 3.87. The number of halogens is 1. The van der Waals surface area contributed by atoms with Crippen LogP contribution in [0.15, 0.2) is 30.5 Å². The zero-order valence-electron chi connectivity index (χ0n) is 8.64. The van der Waals surface area contributed by atoms with Crippen LogP contribution in [0.4, 0.5) is 4.39 Å². The molecule has 0 fully saturated rings. The SMILES string of the molecule is Cc1ccn(-c2ccc(F)cc2C(N)=S)n1. The van der Waals surface area contributed by atoms with E-state index in [4.69, 9.17) is 18.0 Å². The molecule has 0 aliphatic heterocycles. The summed E-state index contributed by atoms with van der Waals surface area (Å²) in [5, 5.41) is 4.23. The number of rotatable bonds is 2. The Bertz CT molecular complexity index is 548. The Morgan fingerprint density at radius 3 is 2.75 bits per heavy atom. The molecule has 3 nitrogen and oxygen atoms in total. The Balaban J connectivity index is 2.60. The fourth-order valence-electron chi connectivity index (χ4n) is 1.45. The average Bonchev–Trinajstić information content (AvgIpc) is 2.64. The average molecular weight is 235 g/mol. The quantitative estimate of drug-likeness (QED) is 0.809. The van der Waals surface area contributed by atoms with Crippen molar-refractivity contribution in [1.29, 1.82) is 0 Å². The smallest absolute Gasteiger partial charge is 0.124 e. The summed E-state index contributed by atoms with van der Waals surface area (Å²) in [6, 6.07) is 6.13. The minimum Gasteiger partial charge on any atom is -0.389 e. The number of nitrogens with two attached hydrogens (primary N) is 1. The Morgan fingerprint density at radius 2 is 2.19 bits per heavy atom. The highest BCUT2D eigenvalue weighted by Gasteiger charge is 2.09. The van der Waals surface area contributed by atoms with Crippen LogP contribution in [0, 0.1) is 12.7 Å². The van der Waals surface area contributed by atoms with Crippen LogP contribution < -0.4 is 5.73 Å². The van der Waals surface area contributed by atoms with E-state index in [1.165, 1.54) is 12.1 Å². The highest BCUT2D eigenvalue weighted by molar-refractivity contribution is 7.80. The second-order valence-electron chi connectivity index (χ2n) is 3.43. The molecule has 0 amide bonds. The molecule has 0 saturated carbocycles. The molecule has 82 valence electrons. The molecule has 5 heteroatoms. The summed E-state index contributed by atoms with van der Waals surface area (Å²) in [5.41, 5.74) is 7.59. The van der Waals surface area contributed by atoms with Gasteiger partial charge in [-0.3, -0.25) is 0 Å². The van der Waals surface area contributed by atoms with Gasteiger partial charge < -0.3 is 5.73 Å². The standard InChI is InChI=1S/C11H10FN3S/c1-7-4-5-15(14-7)10-3-2-8(12)6-9(10)11(13)16/h2-6H,1H3,(H2,13,16). The van der Waals surface area contributed by atoms with Gasteiger partial charge in [0, 0.05) is 11.8 Å². The summed E-state index contributed by atoms with van der Waals surface area (Å²) in [4.78, 5) is 0.155. The number of aromatic nitrogens is 2. The number of hydrogen-bond acceptors (Lipinski definition) is 2. The molecule has 0 aliphatic carbocycles. The first kappa shape index (κ1) is 10.8. The molecule has 2 rings (SSSR count). The molecule has 2 N–H and O–H groups in total. The number of nitrogens with zero attached hydrogens (tertiary/aromatic N) is 2.